The second kappa shape index (κ2) is 19.3. The molecule has 4 rings (SSSR count). The molecule has 0 aliphatic rings. The number of nitrogens with one attached hydrogen (secondary N) is 3. The summed E-state index contributed by atoms with van der Waals surface area (Å²) < 4.78 is 0. The predicted octanol–water partition coefficient (Wildman–Crippen LogP) is 5.34. The highest BCUT2D eigenvalue weighted by Gasteiger charge is 1.99. The third kappa shape index (κ3) is 12.4. The van der Waals surface area contributed by atoms with Crippen LogP contribution in [0.4, 0.5) is 0 Å². The molecule has 0 radical (unpaired) electrons. The van der Waals surface area contributed by atoms with Crippen molar-refractivity contribution in [3.63, 3.8) is 0 Å². The largest absolute Gasteiger partial charge is 0.329 e. The molecule has 0 bridgehead atoms. The lowest BCUT2D eigenvalue weighted by Crippen LogP contribution is -2.21. The molecule has 0 saturated heterocycles. The molecular formula is C39H48N6. The average molecular weight is 601 g/mol. The van der Waals surface area contributed by atoms with Crippen molar-refractivity contribution in [2.24, 2.45) is 17.2 Å². The van der Waals surface area contributed by atoms with E-state index in [1.807, 2.05) is 0 Å². The van der Waals surface area contributed by atoms with Crippen LogP contribution >= 0.6 is 0 Å². The first-order valence-corrected chi connectivity index (χ1v) is 15.8. The minimum Gasteiger partial charge on any atom is -0.329 e. The highest BCUT2D eigenvalue weighted by atomic mass is 14.9. The smallest absolute Gasteiger partial charge is 0.0206 e. The van der Waals surface area contributed by atoms with E-state index in [4.69, 9.17) is 17.2 Å². The zero-order valence-corrected chi connectivity index (χ0v) is 26.2. The molecule has 9 N–H and O–H groups in total. The van der Waals surface area contributed by atoms with E-state index in [2.05, 4.69) is 143 Å². The third-order valence-electron chi connectivity index (χ3n) is 7.29. The van der Waals surface area contributed by atoms with Crippen LogP contribution in [0.3, 0.4) is 0 Å². The Kier molecular flexibility index (Phi) is 14.5. The average Bonchev–Trinajstić information content (AvgIpc) is 3.07. The second-order valence-corrected chi connectivity index (χ2v) is 11.1. The summed E-state index contributed by atoms with van der Waals surface area (Å²) in [6.07, 6.45) is 13.1. The normalized spacial score (nSPS) is 11.8. The number of rotatable bonds is 18. The van der Waals surface area contributed by atoms with Gasteiger partial charge in [0, 0.05) is 58.9 Å². The van der Waals surface area contributed by atoms with Crippen LogP contribution in [0.15, 0.2) is 91.0 Å². The van der Waals surface area contributed by atoms with Gasteiger partial charge in [-0.05, 0) is 68.3 Å². The van der Waals surface area contributed by atoms with Gasteiger partial charge in [-0.2, -0.15) is 0 Å². The number of hydrogen-bond donors (Lipinski definition) is 6. The van der Waals surface area contributed by atoms with Crippen LogP contribution < -0.4 is 33.2 Å². The Morgan fingerprint density at radius 2 is 0.600 bits per heavy atom. The zero-order valence-electron chi connectivity index (χ0n) is 26.2. The predicted molar refractivity (Wildman–Crippen MR) is 195 cm³/mol. The van der Waals surface area contributed by atoms with Crippen molar-refractivity contribution in [1.29, 1.82) is 0 Å². The SMILES string of the molecule is NCCNCc1ccc(C=Cc2cc(C=Cc3ccc(CNCCN)cc3)cc(C=Cc3ccc(CNCCN)cc3)c2)cc1. The Labute approximate surface area is 269 Å². The van der Waals surface area contributed by atoms with Gasteiger partial charge in [0.05, 0.1) is 0 Å². The van der Waals surface area contributed by atoms with Crippen molar-refractivity contribution in [2.75, 3.05) is 39.3 Å². The molecule has 0 heterocycles. The highest BCUT2D eigenvalue weighted by Crippen LogP contribution is 2.19. The molecule has 0 saturated carbocycles. The first kappa shape index (κ1) is 33.7. The van der Waals surface area contributed by atoms with Gasteiger partial charge in [-0.3, -0.25) is 0 Å². The molecule has 6 nitrogen and oxygen atoms in total. The topological polar surface area (TPSA) is 114 Å². The Morgan fingerprint density at radius 1 is 0.356 bits per heavy atom. The maximum Gasteiger partial charge on any atom is 0.0206 e. The summed E-state index contributed by atoms with van der Waals surface area (Å²) in [4.78, 5) is 0. The molecule has 0 amide bonds. The van der Waals surface area contributed by atoms with Crippen LogP contribution in [0.2, 0.25) is 0 Å². The lowest BCUT2D eigenvalue weighted by Gasteiger charge is -2.05. The second-order valence-electron chi connectivity index (χ2n) is 11.1. The molecule has 0 aliphatic heterocycles. The summed E-state index contributed by atoms with van der Waals surface area (Å²) in [6.45, 7) is 6.87. The van der Waals surface area contributed by atoms with E-state index in [1.165, 1.54) is 16.7 Å². The first-order valence-electron chi connectivity index (χ1n) is 15.8. The fraction of sp³-hybridized carbons (Fsp3) is 0.231. The Bertz CT molecular complexity index is 1310. The summed E-state index contributed by atoms with van der Waals surface area (Å²) in [5, 5.41) is 10.0. The van der Waals surface area contributed by atoms with Crippen molar-refractivity contribution in [3.05, 3.63) is 141 Å². The summed E-state index contributed by atoms with van der Waals surface area (Å²) in [5.74, 6) is 0. The monoisotopic (exact) mass is 600 g/mol. The molecule has 0 atom stereocenters. The molecule has 4 aromatic carbocycles. The van der Waals surface area contributed by atoms with Crippen molar-refractivity contribution in [3.8, 4) is 0 Å². The lowest BCUT2D eigenvalue weighted by atomic mass is 10.0. The standard InChI is InChI=1S/C39H48N6/c40-19-22-43-28-34-10-1-31(2-11-34)7-16-37-25-38(17-8-32-3-12-35(13-4-32)29-44-23-20-41)27-39(26-37)18-9-33-5-14-36(15-6-33)30-45-24-21-42/h1-18,25-27,43-45H,19-24,28-30,40-42H2. The van der Waals surface area contributed by atoms with Crippen LogP contribution in [-0.2, 0) is 19.6 Å². The number of nitrogens with two attached hydrogens (primary N) is 3. The molecule has 0 aliphatic carbocycles. The minimum absolute atomic E-state index is 0.644. The molecule has 4 aromatic rings. The van der Waals surface area contributed by atoms with Gasteiger partial charge in [0.2, 0.25) is 0 Å². The fourth-order valence-electron chi connectivity index (χ4n) is 4.81. The van der Waals surface area contributed by atoms with Crippen molar-refractivity contribution >= 4 is 36.5 Å². The van der Waals surface area contributed by atoms with Gasteiger partial charge in [-0.1, -0.05) is 109 Å². The molecule has 0 unspecified atom stereocenters. The summed E-state index contributed by atoms with van der Waals surface area (Å²) in [5.41, 5.74) is 27.4. The Hall–Kier alpha value is -4.14. The highest BCUT2D eigenvalue weighted by molar-refractivity contribution is 5.78. The van der Waals surface area contributed by atoms with E-state index < -0.39 is 0 Å². The van der Waals surface area contributed by atoms with Crippen molar-refractivity contribution in [1.82, 2.24) is 16.0 Å². The van der Waals surface area contributed by atoms with Gasteiger partial charge < -0.3 is 33.2 Å². The quantitative estimate of drug-likeness (QED) is 0.0679. The van der Waals surface area contributed by atoms with Crippen molar-refractivity contribution in [2.45, 2.75) is 19.6 Å². The van der Waals surface area contributed by atoms with Crippen LogP contribution in [0.5, 0.6) is 0 Å². The van der Waals surface area contributed by atoms with Gasteiger partial charge in [-0.15, -0.1) is 0 Å². The molecular weight excluding hydrogens is 552 g/mol. The number of benzene rings is 4. The fourth-order valence-corrected chi connectivity index (χ4v) is 4.81. The van der Waals surface area contributed by atoms with E-state index in [-0.39, 0.29) is 0 Å². The molecule has 0 spiro atoms. The van der Waals surface area contributed by atoms with Gasteiger partial charge in [0.15, 0.2) is 0 Å². The molecule has 0 fully saturated rings. The van der Waals surface area contributed by atoms with Crippen LogP contribution in [0.1, 0.15) is 50.1 Å². The summed E-state index contributed by atoms with van der Waals surface area (Å²) in [6, 6.07) is 32.6. The molecule has 6 heteroatoms. The van der Waals surface area contributed by atoms with Crippen LogP contribution in [0, 0.1) is 0 Å². The molecule has 234 valence electrons. The number of hydrogen-bond acceptors (Lipinski definition) is 6. The van der Waals surface area contributed by atoms with E-state index in [0.717, 1.165) is 72.6 Å². The van der Waals surface area contributed by atoms with Gasteiger partial charge in [-0.25, -0.2) is 0 Å². The van der Waals surface area contributed by atoms with E-state index in [9.17, 15) is 0 Å². The summed E-state index contributed by atoms with van der Waals surface area (Å²) in [7, 11) is 0. The molecule has 45 heavy (non-hydrogen) atoms. The van der Waals surface area contributed by atoms with Gasteiger partial charge in [0.1, 0.15) is 0 Å². The summed E-state index contributed by atoms with van der Waals surface area (Å²) >= 11 is 0. The maximum atomic E-state index is 5.59. The first-order chi connectivity index (χ1) is 22.1. The Morgan fingerprint density at radius 3 is 0.844 bits per heavy atom. The van der Waals surface area contributed by atoms with Gasteiger partial charge >= 0.3 is 0 Å². The van der Waals surface area contributed by atoms with E-state index in [0.29, 0.717) is 19.6 Å². The molecule has 0 aromatic heterocycles. The van der Waals surface area contributed by atoms with Crippen molar-refractivity contribution < 1.29 is 0 Å². The van der Waals surface area contributed by atoms with E-state index >= 15 is 0 Å². The zero-order chi connectivity index (χ0) is 31.5. The Balaban J connectivity index is 1.51. The minimum atomic E-state index is 0.644. The van der Waals surface area contributed by atoms with E-state index in [1.54, 1.807) is 0 Å². The third-order valence-corrected chi connectivity index (χ3v) is 7.29. The van der Waals surface area contributed by atoms with Crippen LogP contribution in [0.25, 0.3) is 36.5 Å². The lowest BCUT2D eigenvalue weighted by molar-refractivity contribution is 0.695. The van der Waals surface area contributed by atoms with Crippen LogP contribution in [-0.4, -0.2) is 39.3 Å². The van der Waals surface area contributed by atoms with Gasteiger partial charge in [0.25, 0.3) is 0 Å². The maximum absolute atomic E-state index is 5.59.